The summed E-state index contributed by atoms with van der Waals surface area (Å²) in [4.78, 5) is 2.59. The lowest BCUT2D eigenvalue weighted by Crippen LogP contribution is -2.41. The van der Waals surface area contributed by atoms with Crippen LogP contribution in [0.15, 0.2) is 47.6 Å². The summed E-state index contributed by atoms with van der Waals surface area (Å²) < 4.78 is 29.3. The normalized spacial score (nSPS) is 18.3. The highest BCUT2D eigenvalue weighted by Gasteiger charge is 2.26. The molecule has 0 radical (unpaired) electrons. The first kappa shape index (κ1) is 18.1. The SMILES string of the molecule is CC1CCN([C@H](CNS(=O)(=O)c2cnn(C)c2)c2ccccc2)CC1. The molecule has 0 amide bonds. The highest BCUT2D eigenvalue weighted by Crippen LogP contribution is 2.26. The molecule has 3 rings (SSSR count). The molecular weight excluding hydrogens is 336 g/mol. The third kappa shape index (κ3) is 4.48. The number of benzene rings is 1. The molecule has 1 aliphatic rings. The van der Waals surface area contributed by atoms with E-state index in [1.807, 2.05) is 18.2 Å². The van der Waals surface area contributed by atoms with Crippen LogP contribution in [0.25, 0.3) is 0 Å². The zero-order valence-corrected chi connectivity index (χ0v) is 15.6. The third-order valence-electron chi connectivity index (χ3n) is 4.90. The van der Waals surface area contributed by atoms with Gasteiger partial charge in [-0.1, -0.05) is 37.3 Å². The van der Waals surface area contributed by atoms with E-state index in [1.54, 1.807) is 7.05 Å². The van der Waals surface area contributed by atoms with Crippen LogP contribution in [-0.2, 0) is 17.1 Å². The molecule has 1 saturated heterocycles. The summed E-state index contributed by atoms with van der Waals surface area (Å²) in [6.07, 6.45) is 5.20. The van der Waals surface area contributed by atoms with Crippen LogP contribution in [0.4, 0.5) is 0 Å². The van der Waals surface area contributed by atoms with Crippen molar-refractivity contribution in [3.05, 3.63) is 48.3 Å². The van der Waals surface area contributed by atoms with E-state index in [9.17, 15) is 8.42 Å². The van der Waals surface area contributed by atoms with E-state index < -0.39 is 10.0 Å². The smallest absolute Gasteiger partial charge is 0.243 e. The second kappa shape index (κ2) is 7.68. The summed E-state index contributed by atoms with van der Waals surface area (Å²) in [6.45, 7) is 4.63. The number of aromatic nitrogens is 2. The summed E-state index contributed by atoms with van der Waals surface area (Å²) in [7, 11) is -1.84. The van der Waals surface area contributed by atoms with Crippen molar-refractivity contribution in [1.29, 1.82) is 0 Å². The molecule has 6 nitrogen and oxygen atoms in total. The summed E-state index contributed by atoms with van der Waals surface area (Å²) in [6, 6.07) is 10.2. The first-order valence-corrected chi connectivity index (χ1v) is 10.2. The van der Waals surface area contributed by atoms with Gasteiger partial charge >= 0.3 is 0 Å². The van der Waals surface area contributed by atoms with Crippen LogP contribution >= 0.6 is 0 Å². The minimum Gasteiger partial charge on any atom is -0.295 e. The molecule has 0 unspecified atom stereocenters. The zero-order chi connectivity index (χ0) is 17.9. The van der Waals surface area contributed by atoms with Crippen LogP contribution in [0.3, 0.4) is 0 Å². The van der Waals surface area contributed by atoms with Crippen molar-refractivity contribution in [2.75, 3.05) is 19.6 Å². The fourth-order valence-corrected chi connectivity index (χ4v) is 4.30. The molecule has 1 atom stereocenters. The predicted molar refractivity (Wildman–Crippen MR) is 97.6 cm³/mol. The number of piperidine rings is 1. The van der Waals surface area contributed by atoms with Gasteiger partial charge in [0.15, 0.2) is 0 Å². The maximum Gasteiger partial charge on any atom is 0.243 e. The average Bonchev–Trinajstić information content (AvgIpc) is 3.05. The van der Waals surface area contributed by atoms with Gasteiger partial charge in [0, 0.05) is 25.8 Å². The van der Waals surface area contributed by atoms with Crippen LogP contribution in [0.1, 0.15) is 31.4 Å². The Kier molecular flexibility index (Phi) is 5.56. The van der Waals surface area contributed by atoms with E-state index in [4.69, 9.17) is 0 Å². The van der Waals surface area contributed by atoms with Gasteiger partial charge in [0.2, 0.25) is 10.0 Å². The van der Waals surface area contributed by atoms with Gasteiger partial charge in [-0.3, -0.25) is 9.58 Å². The molecule has 1 N–H and O–H groups in total. The minimum absolute atomic E-state index is 0.0418. The number of hydrogen-bond acceptors (Lipinski definition) is 4. The van der Waals surface area contributed by atoms with Crippen molar-refractivity contribution in [2.24, 2.45) is 13.0 Å². The third-order valence-corrected chi connectivity index (χ3v) is 6.28. The lowest BCUT2D eigenvalue weighted by atomic mass is 9.96. The van der Waals surface area contributed by atoms with Gasteiger partial charge in [0.25, 0.3) is 0 Å². The van der Waals surface area contributed by atoms with Gasteiger partial charge in [0.05, 0.1) is 6.20 Å². The summed E-state index contributed by atoms with van der Waals surface area (Å²) in [5.41, 5.74) is 1.14. The summed E-state index contributed by atoms with van der Waals surface area (Å²) in [5.74, 6) is 0.736. The number of sulfonamides is 1. The van der Waals surface area contributed by atoms with Crippen LogP contribution < -0.4 is 4.72 Å². The van der Waals surface area contributed by atoms with Gasteiger partial charge in [0.1, 0.15) is 4.90 Å². The maximum absolute atomic E-state index is 12.5. The lowest BCUT2D eigenvalue weighted by molar-refractivity contribution is 0.139. The molecule has 0 aliphatic carbocycles. The Morgan fingerprint density at radius 1 is 1.24 bits per heavy atom. The predicted octanol–water partition coefficient (Wildman–Crippen LogP) is 2.17. The minimum atomic E-state index is -3.55. The highest BCUT2D eigenvalue weighted by atomic mass is 32.2. The van der Waals surface area contributed by atoms with Gasteiger partial charge in [-0.15, -0.1) is 0 Å². The van der Waals surface area contributed by atoms with Crippen molar-refractivity contribution < 1.29 is 8.42 Å². The molecule has 0 bridgehead atoms. The molecule has 0 saturated carbocycles. The fraction of sp³-hybridized carbons (Fsp3) is 0.500. The van der Waals surface area contributed by atoms with Crippen molar-refractivity contribution >= 4 is 10.0 Å². The fourth-order valence-electron chi connectivity index (χ4n) is 3.28. The van der Waals surface area contributed by atoms with Gasteiger partial charge < -0.3 is 0 Å². The van der Waals surface area contributed by atoms with Crippen LogP contribution in [0.5, 0.6) is 0 Å². The summed E-state index contributed by atoms with van der Waals surface area (Å²) >= 11 is 0. The van der Waals surface area contributed by atoms with Crippen molar-refractivity contribution in [3.8, 4) is 0 Å². The van der Waals surface area contributed by atoms with Gasteiger partial charge in [-0.25, -0.2) is 13.1 Å². The average molecular weight is 362 g/mol. The number of rotatable bonds is 6. The Morgan fingerprint density at radius 2 is 1.92 bits per heavy atom. The second-order valence-electron chi connectivity index (χ2n) is 6.85. The second-order valence-corrected chi connectivity index (χ2v) is 8.61. The summed E-state index contributed by atoms with van der Waals surface area (Å²) in [5, 5.41) is 3.95. The maximum atomic E-state index is 12.5. The molecule has 1 aliphatic heterocycles. The number of likely N-dealkylation sites (tertiary alicyclic amines) is 1. The van der Waals surface area contributed by atoms with E-state index in [0.717, 1.165) is 37.4 Å². The van der Waals surface area contributed by atoms with Crippen LogP contribution in [-0.4, -0.2) is 42.7 Å². The van der Waals surface area contributed by atoms with Crippen LogP contribution in [0, 0.1) is 5.92 Å². The molecule has 1 fully saturated rings. The molecule has 2 heterocycles. The molecule has 7 heteroatoms. The Labute approximate surface area is 149 Å². The van der Waals surface area contributed by atoms with E-state index in [-0.39, 0.29) is 10.9 Å². The zero-order valence-electron chi connectivity index (χ0n) is 14.8. The Hall–Kier alpha value is -1.70. The number of nitrogens with one attached hydrogen (secondary N) is 1. The van der Waals surface area contributed by atoms with Gasteiger partial charge in [-0.05, 0) is 37.4 Å². The van der Waals surface area contributed by atoms with Gasteiger partial charge in [-0.2, -0.15) is 5.10 Å². The number of hydrogen-bond donors (Lipinski definition) is 1. The number of nitrogens with zero attached hydrogens (tertiary/aromatic N) is 3. The van der Waals surface area contributed by atoms with Crippen molar-refractivity contribution in [1.82, 2.24) is 19.4 Å². The first-order chi connectivity index (χ1) is 12.0. The lowest BCUT2D eigenvalue weighted by Gasteiger charge is -2.37. The van der Waals surface area contributed by atoms with Crippen molar-refractivity contribution in [3.63, 3.8) is 0 Å². The molecule has 0 spiro atoms. The Balaban J connectivity index is 1.76. The van der Waals surface area contributed by atoms with Crippen LogP contribution in [0.2, 0.25) is 0 Å². The largest absolute Gasteiger partial charge is 0.295 e. The molecular formula is C18H26N4O2S. The van der Waals surface area contributed by atoms with Crippen molar-refractivity contribution in [2.45, 2.75) is 30.7 Å². The molecule has 1 aromatic carbocycles. The monoisotopic (exact) mass is 362 g/mol. The number of aryl methyl sites for hydroxylation is 1. The Morgan fingerprint density at radius 3 is 2.52 bits per heavy atom. The quantitative estimate of drug-likeness (QED) is 0.855. The topological polar surface area (TPSA) is 67.2 Å². The Bertz CT molecular complexity index is 780. The molecule has 136 valence electrons. The van der Waals surface area contributed by atoms with E-state index >= 15 is 0 Å². The molecule has 2 aromatic rings. The molecule has 25 heavy (non-hydrogen) atoms. The highest BCUT2D eigenvalue weighted by molar-refractivity contribution is 7.89. The van der Waals surface area contributed by atoms with E-state index in [0.29, 0.717) is 6.54 Å². The van der Waals surface area contributed by atoms with E-state index in [1.165, 1.54) is 17.1 Å². The first-order valence-electron chi connectivity index (χ1n) is 8.73. The molecule has 1 aromatic heterocycles. The standard InChI is InChI=1S/C18H26N4O2S/c1-15-8-10-22(11-9-15)18(16-6-4-3-5-7-16)13-20-25(23,24)17-12-19-21(2)14-17/h3-7,12,14-15,18,20H,8-11,13H2,1-2H3/t18-/m1/s1. The van der Waals surface area contributed by atoms with E-state index in [2.05, 4.69) is 33.8 Å².